The third-order valence-electron chi connectivity index (χ3n) is 5.22. The van der Waals surface area contributed by atoms with E-state index in [0.717, 1.165) is 30.7 Å². The summed E-state index contributed by atoms with van der Waals surface area (Å²) in [5.41, 5.74) is 2.43. The van der Waals surface area contributed by atoms with Gasteiger partial charge in [-0.15, -0.1) is 0 Å². The third kappa shape index (κ3) is 3.31. The van der Waals surface area contributed by atoms with Gasteiger partial charge in [-0.2, -0.15) is 0 Å². The predicted octanol–water partition coefficient (Wildman–Crippen LogP) is 5.38. The van der Waals surface area contributed by atoms with Gasteiger partial charge < -0.3 is 0 Å². The number of Topliss-reactive ketones (excluding diaryl/α,β-unsaturated/α-hetero) is 1. The molecule has 1 aliphatic rings. The lowest BCUT2D eigenvalue weighted by molar-refractivity contribution is 0.0875. The molecular formula is C19H28O. The third-order valence-corrected chi connectivity index (χ3v) is 5.22. The highest BCUT2D eigenvalue weighted by molar-refractivity contribution is 5.97. The number of benzene rings is 1. The first kappa shape index (κ1) is 15.3. The van der Waals surface area contributed by atoms with Gasteiger partial charge in [0.15, 0.2) is 5.78 Å². The Morgan fingerprint density at radius 2 is 1.65 bits per heavy atom. The first-order valence-corrected chi connectivity index (χ1v) is 8.09. The Labute approximate surface area is 123 Å². The first-order valence-electron chi connectivity index (χ1n) is 8.09. The van der Waals surface area contributed by atoms with Crippen molar-refractivity contribution in [2.24, 2.45) is 11.8 Å². The van der Waals surface area contributed by atoms with Gasteiger partial charge in [0.25, 0.3) is 0 Å². The molecule has 0 radical (unpaired) electrons. The Morgan fingerprint density at radius 1 is 1.10 bits per heavy atom. The van der Waals surface area contributed by atoms with Crippen molar-refractivity contribution >= 4 is 5.78 Å². The van der Waals surface area contributed by atoms with Crippen LogP contribution in [0.15, 0.2) is 24.3 Å². The molecule has 0 atom stereocenters. The molecule has 0 amide bonds. The van der Waals surface area contributed by atoms with Crippen molar-refractivity contribution in [2.45, 2.75) is 65.2 Å². The van der Waals surface area contributed by atoms with Crippen LogP contribution in [-0.2, 0) is 5.41 Å². The largest absolute Gasteiger partial charge is 0.294 e. The van der Waals surface area contributed by atoms with Crippen molar-refractivity contribution in [2.75, 3.05) is 0 Å². The second-order valence-corrected chi connectivity index (χ2v) is 7.14. The van der Waals surface area contributed by atoms with E-state index < -0.39 is 0 Å². The summed E-state index contributed by atoms with van der Waals surface area (Å²) in [6.07, 6.45) is 5.67. The Morgan fingerprint density at radius 3 is 2.15 bits per heavy atom. The van der Waals surface area contributed by atoms with Gasteiger partial charge >= 0.3 is 0 Å². The smallest absolute Gasteiger partial charge is 0.165 e. The van der Waals surface area contributed by atoms with E-state index in [9.17, 15) is 4.79 Å². The van der Waals surface area contributed by atoms with Crippen molar-refractivity contribution in [3.05, 3.63) is 35.4 Å². The fourth-order valence-electron chi connectivity index (χ4n) is 3.05. The Kier molecular flexibility index (Phi) is 4.67. The van der Waals surface area contributed by atoms with Gasteiger partial charge in [-0.3, -0.25) is 4.79 Å². The number of hydrogen-bond acceptors (Lipinski definition) is 1. The Hall–Kier alpha value is -1.11. The summed E-state index contributed by atoms with van der Waals surface area (Å²) in [5, 5.41) is 0. The average molecular weight is 272 g/mol. The monoisotopic (exact) mass is 272 g/mol. The zero-order valence-electron chi connectivity index (χ0n) is 13.4. The van der Waals surface area contributed by atoms with Crippen molar-refractivity contribution in [1.29, 1.82) is 0 Å². The molecule has 110 valence electrons. The van der Waals surface area contributed by atoms with Crippen LogP contribution in [0.3, 0.4) is 0 Å². The number of ketones is 1. The molecule has 0 spiro atoms. The standard InChI is InChI=1S/C19H28O/c1-5-19(3,4)17-12-10-16(11-13-17)18(20)15-8-6-14(2)7-9-15/h10-15H,5-9H2,1-4H3. The minimum Gasteiger partial charge on any atom is -0.294 e. The molecule has 1 aromatic carbocycles. The predicted molar refractivity (Wildman–Crippen MR) is 85.2 cm³/mol. The van der Waals surface area contributed by atoms with Crippen LogP contribution < -0.4 is 0 Å². The van der Waals surface area contributed by atoms with Crippen LogP contribution in [-0.4, -0.2) is 5.78 Å². The molecule has 1 aliphatic carbocycles. The number of rotatable bonds is 4. The zero-order chi connectivity index (χ0) is 14.8. The van der Waals surface area contributed by atoms with E-state index in [1.807, 2.05) is 12.1 Å². The zero-order valence-corrected chi connectivity index (χ0v) is 13.4. The van der Waals surface area contributed by atoms with Gasteiger partial charge in [0.1, 0.15) is 0 Å². The highest BCUT2D eigenvalue weighted by Gasteiger charge is 2.25. The van der Waals surface area contributed by atoms with Crippen molar-refractivity contribution < 1.29 is 4.79 Å². The second kappa shape index (κ2) is 6.11. The van der Waals surface area contributed by atoms with Crippen LogP contribution in [0.1, 0.15) is 75.7 Å². The maximum atomic E-state index is 12.5. The van der Waals surface area contributed by atoms with Crippen molar-refractivity contribution in [3.8, 4) is 0 Å². The summed E-state index contributed by atoms with van der Waals surface area (Å²) >= 11 is 0. The summed E-state index contributed by atoms with van der Waals surface area (Å²) in [4.78, 5) is 12.5. The molecule has 0 saturated heterocycles. The Bertz CT molecular complexity index is 447. The van der Waals surface area contributed by atoms with Crippen LogP contribution >= 0.6 is 0 Å². The lowest BCUT2D eigenvalue weighted by Gasteiger charge is -2.26. The molecular weight excluding hydrogens is 244 g/mol. The Balaban J connectivity index is 2.08. The normalized spacial score (nSPS) is 23.6. The second-order valence-electron chi connectivity index (χ2n) is 7.14. The van der Waals surface area contributed by atoms with E-state index in [2.05, 4.69) is 39.8 Å². The molecule has 1 saturated carbocycles. The summed E-state index contributed by atoms with van der Waals surface area (Å²) in [5.74, 6) is 1.42. The van der Waals surface area contributed by atoms with Gasteiger partial charge in [0, 0.05) is 11.5 Å². The van der Waals surface area contributed by atoms with E-state index in [1.165, 1.54) is 18.4 Å². The molecule has 0 aliphatic heterocycles. The van der Waals surface area contributed by atoms with Crippen molar-refractivity contribution in [3.63, 3.8) is 0 Å². The van der Waals surface area contributed by atoms with Crippen molar-refractivity contribution in [1.82, 2.24) is 0 Å². The minimum absolute atomic E-state index is 0.196. The maximum absolute atomic E-state index is 12.5. The fraction of sp³-hybridized carbons (Fsp3) is 0.632. The fourth-order valence-corrected chi connectivity index (χ4v) is 3.05. The van der Waals surface area contributed by atoms with E-state index in [-0.39, 0.29) is 11.3 Å². The summed E-state index contributed by atoms with van der Waals surface area (Å²) in [7, 11) is 0. The van der Waals surface area contributed by atoms with Crippen LogP contribution in [0.2, 0.25) is 0 Å². The highest BCUT2D eigenvalue weighted by atomic mass is 16.1. The first-order chi connectivity index (χ1) is 9.44. The SMILES string of the molecule is CCC(C)(C)c1ccc(C(=O)C2CCC(C)CC2)cc1. The molecule has 0 bridgehead atoms. The summed E-state index contributed by atoms with van der Waals surface area (Å²) < 4.78 is 0. The van der Waals surface area contributed by atoms with Gasteiger partial charge in [0.05, 0.1) is 0 Å². The molecule has 1 nitrogen and oxygen atoms in total. The number of hydrogen-bond donors (Lipinski definition) is 0. The molecule has 2 rings (SSSR count). The van der Waals surface area contributed by atoms with Crippen LogP contribution in [0.25, 0.3) is 0 Å². The minimum atomic E-state index is 0.196. The van der Waals surface area contributed by atoms with Crippen LogP contribution in [0, 0.1) is 11.8 Å². The molecule has 0 unspecified atom stereocenters. The molecule has 1 heteroatoms. The van der Waals surface area contributed by atoms with E-state index in [0.29, 0.717) is 5.78 Å². The van der Waals surface area contributed by atoms with Gasteiger partial charge in [-0.1, -0.05) is 64.8 Å². The number of carbonyl (C=O) groups excluding carboxylic acids is 1. The van der Waals surface area contributed by atoms with E-state index in [4.69, 9.17) is 0 Å². The quantitative estimate of drug-likeness (QED) is 0.672. The molecule has 20 heavy (non-hydrogen) atoms. The molecule has 0 aromatic heterocycles. The summed E-state index contributed by atoms with van der Waals surface area (Å²) in [6, 6.07) is 8.35. The lowest BCUT2D eigenvalue weighted by atomic mass is 9.78. The van der Waals surface area contributed by atoms with Gasteiger partial charge in [-0.25, -0.2) is 0 Å². The molecule has 0 heterocycles. The van der Waals surface area contributed by atoms with Gasteiger partial charge in [-0.05, 0) is 36.2 Å². The van der Waals surface area contributed by atoms with E-state index >= 15 is 0 Å². The topological polar surface area (TPSA) is 17.1 Å². The van der Waals surface area contributed by atoms with Crippen LogP contribution in [0.5, 0.6) is 0 Å². The lowest BCUT2D eigenvalue weighted by Crippen LogP contribution is -2.21. The highest BCUT2D eigenvalue weighted by Crippen LogP contribution is 2.31. The molecule has 1 fully saturated rings. The maximum Gasteiger partial charge on any atom is 0.165 e. The molecule has 0 N–H and O–H groups in total. The van der Waals surface area contributed by atoms with Crippen LogP contribution in [0.4, 0.5) is 0 Å². The van der Waals surface area contributed by atoms with E-state index in [1.54, 1.807) is 0 Å². The summed E-state index contributed by atoms with van der Waals surface area (Å²) in [6.45, 7) is 9.02. The van der Waals surface area contributed by atoms with Gasteiger partial charge in [0.2, 0.25) is 0 Å². The number of carbonyl (C=O) groups is 1. The molecule has 1 aromatic rings. The average Bonchev–Trinajstić information content (AvgIpc) is 2.47.